The highest BCUT2D eigenvalue weighted by Crippen LogP contribution is 2.20. The fraction of sp³-hybridized carbons (Fsp3) is 0.381. The maximum Gasteiger partial charge on any atom is 0.227 e. The van der Waals surface area contributed by atoms with Crippen molar-refractivity contribution in [2.45, 2.75) is 25.4 Å². The third-order valence-electron chi connectivity index (χ3n) is 4.92. The van der Waals surface area contributed by atoms with Gasteiger partial charge in [0.1, 0.15) is 18.2 Å². The summed E-state index contributed by atoms with van der Waals surface area (Å²) >= 11 is 0. The molecule has 0 bridgehead atoms. The van der Waals surface area contributed by atoms with Gasteiger partial charge in [0.2, 0.25) is 23.5 Å². The summed E-state index contributed by atoms with van der Waals surface area (Å²) in [7, 11) is 3.82. The number of ether oxygens (including phenoxy) is 1. The maximum absolute atomic E-state index is 12.6. The van der Waals surface area contributed by atoms with Crippen LogP contribution in [0.15, 0.2) is 47.2 Å². The fourth-order valence-electron chi connectivity index (χ4n) is 3.29. The number of likely N-dealkylation sites (tertiary alicyclic amines) is 1. The van der Waals surface area contributed by atoms with Crippen LogP contribution >= 0.6 is 0 Å². The number of aromatic nitrogens is 4. The molecular weight excluding hydrogens is 384 g/mol. The minimum absolute atomic E-state index is 0.0530. The van der Waals surface area contributed by atoms with Crippen LogP contribution in [0.2, 0.25) is 0 Å². The first kappa shape index (κ1) is 19.8. The van der Waals surface area contributed by atoms with Crippen molar-refractivity contribution < 1.29 is 14.1 Å². The number of rotatable bonds is 7. The smallest absolute Gasteiger partial charge is 0.227 e. The number of hydrogen-bond donors (Lipinski definition) is 0. The molecular formula is C21H24N6O3. The lowest BCUT2D eigenvalue weighted by Crippen LogP contribution is -2.31. The molecule has 1 aliphatic rings. The zero-order valence-corrected chi connectivity index (χ0v) is 17.1. The summed E-state index contributed by atoms with van der Waals surface area (Å²) in [6.07, 6.45) is 2.91. The first-order valence-corrected chi connectivity index (χ1v) is 9.90. The second kappa shape index (κ2) is 8.89. The molecule has 1 aromatic carbocycles. The summed E-state index contributed by atoms with van der Waals surface area (Å²) in [6, 6.07) is 11.4. The number of carbonyl (C=O) groups excluding carboxylic acids is 1. The van der Waals surface area contributed by atoms with Gasteiger partial charge in [0, 0.05) is 51.5 Å². The average Bonchev–Trinajstić information content (AvgIpc) is 3.43. The monoisotopic (exact) mass is 408 g/mol. The minimum Gasteiger partial charge on any atom is -0.472 e. The summed E-state index contributed by atoms with van der Waals surface area (Å²) in [5.41, 5.74) is 0.889. The van der Waals surface area contributed by atoms with E-state index in [9.17, 15) is 4.79 Å². The third-order valence-corrected chi connectivity index (χ3v) is 4.92. The Hall–Kier alpha value is -3.49. The lowest BCUT2D eigenvalue weighted by molar-refractivity contribution is -0.130. The molecule has 1 aliphatic heterocycles. The quantitative estimate of drug-likeness (QED) is 0.587. The Labute approximate surface area is 174 Å². The van der Waals surface area contributed by atoms with Crippen molar-refractivity contribution in [3.63, 3.8) is 0 Å². The molecule has 9 nitrogen and oxygen atoms in total. The van der Waals surface area contributed by atoms with Crippen molar-refractivity contribution >= 4 is 11.7 Å². The van der Waals surface area contributed by atoms with Crippen molar-refractivity contribution in [2.24, 2.45) is 0 Å². The van der Waals surface area contributed by atoms with E-state index in [0.29, 0.717) is 43.5 Å². The first-order chi connectivity index (χ1) is 14.6. The molecule has 30 heavy (non-hydrogen) atoms. The van der Waals surface area contributed by atoms with E-state index in [0.717, 1.165) is 17.8 Å². The predicted octanol–water partition coefficient (Wildman–Crippen LogP) is 2.21. The van der Waals surface area contributed by atoms with Crippen LogP contribution in [0.5, 0.6) is 5.88 Å². The predicted molar refractivity (Wildman–Crippen MR) is 110 cm³/mol. The Morgan fingerprint density at radius 3 is 2.90 bits per heavy atom. The van der Waals surface area contributed by atoms with Crippen molar-refractivity contribution in [1.29, 1.82) is 0 Å². The highest BCUT2D eigenvalue weighted by molar-refractivity contribution is 5.76. The van der Waals surface area contributed by atoms with Gasteiger partial charge < -0.3 is 19.1 Å². The second-order valence-corrected chi connectivity index (χ2v) is 7.35. The highest BCUT2D eigenvalue weighted by atomic mass is 16.5. The number of nitrogens with zero attached hydrogens (tertiary/aromatic N) is 6. The minimum atomic E-state index is -0.0769. The molecule has 0 radical (unpaired) electrons. The van der Waals surface area contributed by atoms with Gasteiger partial charge in [-0.05, 0) is 0 Å². The largest absolute Gasteiger partial charge is 0.472 e. The van der Waals surface area contributed by atoms with Gasteiger partial charge in [-0.15, -0.1) is 0 Å². The zero-order valence-electron chi connectivity index (χ0n) is 17.1. The van der Waals surface area contributed by atoms with E-state index < -0.39 is 0 Å². The molecule has 1 unspecified atom stereocenters. The van der Waals surface area contributed by atoms with Gasteiger partial charge in [0.05, 0.1) is 6.54 Å². The Kier molecular flexibility index (Phi) is 5.87. The van der Waals surface area contributed by atoms with E-state index in [1.165, 1.54) is 6.33 Å². The highest BCUT2D eigenvalue weighted by Gasteiger charge is 2.28. The van der Waals surface area contributed by atoms with Crippen molar-refractivity contribution in [2.75, 3.05) is 32.1 Å². The fourth-order valence-corrected chi connectivity index (χ4v) is 3.29. The summed E-state index contributed by atoms with van der Waals surface area (Å²) in [6.45, 7) is 1.20. The van der Waals surface area contributed by atoms with Gasteiger partial charge in [-0.2, -0.15) is 4.98 Å². The molecule has 0 N–H and O–H groups in total. The summed E-state index contributed by atoms with van der Waals surface area (Å²) in [4.78, 5) is 29.0. The number of aryl methyl sites for hydroxylation is 1. The lowest BCUT2D eigenvalue weighted by atomic mass is 10.2. The summed E-state index contributed by atoms with van der Waals surface area (Å²) in [5.74, 6) is 2.35. The van der Waals surface area contributed by atoms with Gasteiger partial charge in [-0.1, -0.05) is 35.5 Å². The molecule has 1 fully saturated rings. The average molecular weight is 408 g/mol. The number of anilines is 1. The molecule has 1 atom stereocenters. The molecule has 0 aliphatic carbocycles. The standard InChI is InChI=1S/C21H24N6O3/c1-26(2)17-12-19(23-14-22-17)29-16-10-11-27(13-16)20(28)9-8-18-24-21(25-30-18)15-6-4-3-5-7-15/h3-7,12,14,16H,8-11,13H2,1-2H3. The molecule has 4 rings (SSSR count). The van der Waals surface area contributed by atoms with Crippen molar-refractivity contribution in [1.82, 2.24) is 25.0 Å². The Morgan fingerprint density at radius 1 is 1.27 bits per heavy atom. The van der Waals surface area contributed by atoms with Crippen LogP contribution in [0, 0.1) is 0 Å². The molecule has 1 saturated heterocycles. The Balaban J connectivity index is 1.27. The molecule has 0 spiro atoms. The maximum atomic E-state index is 12.6. The molecule has 3 aromatic rings. The third kappa shape index (κ3) is 4.73. The van der Waals surface area contributed by atoms with Crippen molar-refractivity contribution in [3.8, 4) is 17.3 Å². The van der Waals surface area contributed by atoms with Gasteiger partial charge in [-0.25, -0.2) is 9.97 Å². The molecule has 1 amide bonds. The van der Waals surface area contributed by atoms with E-state index in [1.807, 2.05) is 54.2 Å². The van der Waals surface area contributed by atoms with Crippen LogP contribution < -0.4 is 9.64 Å². The number of benzene rings is 1. The zero-order chi connectivity index (χ0) is 20.9. The molecule has 156 valence electrons. The van der Waals surface area contributed by atoms with E-state index in [1.54, 1.807) is 6.07 Å². The van der Waals surface area contributed by atoms with E-state index >= 15 is 0 Å². The van der Waals surface area contributed by atoms with Gasteiger partial charge >= 0.3 is 0 Å². The van der Waals surface area contributed by atoms with Crippen molar-refractivity contribution in [3.05, 3.63) is 48.6 Å². The van der Waals surface area contributed by atoms with Crippen LogP contribution in [-0.4, -0.2) is 64.2 Å². The number of hydrogen-bond acceptors (Lipinski definition) is 8. The Morgan fingerprint density at radius 2 is 2.10 bits per heavy atom. The molecule has 2 aromatic heterocycles. The normalized spacial score (nSPS) is 15.9. The molecule has 9 heteroatoms. The van der Waals surface area contributed by atoms with Gasteiger partial charge in [-0.3, -0.25) is 4.79 Å². The first-order valence-electron chi connectivity index (χ1n) is 9.90. The van der Waals surface area contributed by atoms with E-state index in [4.69, 9.17) is 9.26 Å². The van der Waals surface area contributed by atoms with Crippen LogP contribution in [0.4, 0.5) is 5.82 Å². The van der Waals surface area contributed by atoms with Gasteiger partial charge in [0.25, 0.3) is 0 Å². The number of amides is 1. The molecule has 0 saturated carbocycles. The number of carbonyl (C=O) groups is 1. The second-order valence-electron chi connectivity index (χ2n) is 7.35. The molecule has 3 heterocycles. The Bertz CT molecular complexity index is 991. The van der Waals surface area contributed by atoms with Crippen LogP contribution in [0.3, 0.4) is 0 Å². The van der Waals surface area contributed by atoms with Crippen LogP contribution in [0.1, 0.15) is 18.7 Å². The topological polar surface area (TPSA) is 97.5 Å². The lowest BCUT2D eigenvalue weighted by Gasteiger charge is -2.17. The van der Waals surface area contributed by atoms with E-state index in [2.05, 4.69) is 20.1 Å². The van der Waals surface area contributed by atoms with E-state index in [-0.39, 0.29) is 12.0 Å². The van der Waals surface area contributed by atoms with Gasteiger partial charge in [0.15, 0.2) is 0 Å². The van der Waals surface area contributed by atoms with Crippen LogP contribution in [-0.2, 0) is 11.2 Å². The summed E-state index contributed by atoms with van der Waals surface area (Å²) in [5, 5.41) is 3.99. The summed E-state index contributed by atoms with van der Waals surface area (Å²) < 4.78 is 11.2. The SMILES string of the molecule is CN(C)c1cc(OC2CCN(C(=O)CCc3nc(-c4ccccc4)no3)C2)ncn1. The van der Waals surface area contributed by atoms with Crippen LogP contribution in [0.25, 0.3) is 11.4 Å².